The van der Waals surface area contributed by atoms with Gasteiger partial charge in [0.15, 0.2) is 0 Å². The van der Waals surface area contributed by atoms with Crippen LogP contribution in [0, 0.1) is 20.8 Å². The molecule has 2 aromatic carbocycles. The molecule has 0 aliphatic heterocycles. The smallest absolute Gasteiger partial charge is 0.256 e. The predicted molar refractivity (Wildman–Crippen MR) is 141 cm³/mol. The molecular weight excluding hydrogens is 466 g/mol. The van der Waals surface area contributed by atoms with E-state index in [1.54, 1.807) is 55.8 Å². The highest BCUT2D eigenvalue weighted by Gasteiger charge is 2.17. The van der Waals surface area contributed by atoms with Crippen molar-refractivity contribution in [1.29, 1.82) is 0 Å². The Morgan fingerprint density at radius 1 is 0.946 bits per heavy atom. The average Bonchev–Trinajstić information content (AvgIpc) is 3.32. The first-order valence-electron chi connectivity index (χ1n) is 11.8. The zero-order chi connectivity index (χ0) is 25.9. The Morgan fingerprint density at radius 2 is 1.76 bits per heavy atom. The first-order chi connectivity index (χ1) is 17.9. The summed E-state index contributed by atoms with van der Waals surface area (Å²) < 4.78 is 5.38. The largest absolute Gasteiger partial charge is 0.444 e. The Bertz CT molecular complexity index is 1610. The second-order valence-corrected chi connectivity index (χ2v) is 8.85. The molecule has 0 bridgehead atoms. The van der Waals surface area contributed by atoms with Gasteiger partial charge in [-0.15, -0.1) is 0 Å². The maximum atomic E-state index is 13.5. The number of aromatic nitrogens is 3. The summed E-state index contributed by atoms with van der Waals surface area (Å²) in [4.78, 5) is 39.0. The van der Waals surface area contributed by atoms with E-state index in [4.69, 9.17) is 9.40 Å². The lowest BCUT2D eigenvalue weighted by Gasteiger charge is -2.13. The minimum atomic E-state index is -0.265. The number of hydrogen-bond acceptors (Lipinski definition) is 6. The molecule has 37 heavy (non-hydrogen) atoms. The van der Waals surface area contributed by atoms with Crippen LogP contribution in [-0.2, 0) is 6.54 Å². The van der Waals surface area contributed by atoms with Gasteiger partial charge in [0.1, 0.15) is 5.76 Å². The molecule has 5 rings (SSSR count). The van der Waals surface area contributed by atoms with Gasteiger partial charge in [-0.3, -0.25) is 14.6 Å². The number of carbonyl (C=O) groups is 2. The monoisotopic (exact) mass is 491 g/mol. The molecule has 0 unspecified atom stereocenters. The van der Waals surface area contributed by atoms with Crippen LogP contribution in [0.2, 0.25) is 0 Å². The summed E-state index contributed by atoms with van der Waals surface area (Å²) in [6, 6.07) is 16.3. The van der Waals surface area contributed by atoms with E-state index in [-0.39, 0.29) is 18.4 Å². The topological polar surface area (TPSA) is 110 Å². The van der Waals surface area contributed by atoms with Gasteiger partial charge in [-0.05, 0) is 74.9 Å². The third-order valence-corrected chi connectivity index (χ3v) is 5.92. The first-order valence-corrected chi connectivity index (χ1v) is 11.8. The maximum absolute atomic E-state index is 13.5. The van der Waals surface area contributed by atoms with E-state index in [0.29, 0.717) is 34.2 Å². The van der Waals surface area contributed by atoms with Crippen molar-refractivity contribution in [3.05, 3.63) is 107 Å². The molecule has 8 nitrogen and oxygen atoms in total. The van der Waals surface area contributed by atoms with Crippen molar-refractivity contribution < 1.29 is 14.0 Å². The molecule has 2 N–H and O–H groups in total. The molecule has 0 saturated carbocycles. The Kier molecular flexibility index (Phi) is 6.47. The number of anilines is 1. The first kappa shape index (κ1) is 23.9. The standard InChI is InChI=1S/C29H25N5O3/c1-17-11-18(2)27-23(12-17)24(13-25(34-27)21-5-4-10-30-15-21)29(36)33-22-8-6-20(7-9-22)28(35)32-16-26-31-14-19(3)37-26/h4-15H,16H2,1-3H3,(H,32,35)(H,33,36). The van der Waals surface area contributed by atoms with Crippen molar-refractivity contribution in [3.8, 4) is 11.3 Å². The summed E-state index contributed by atoms with van der Waals surface area (Å²) in [6.07, 6.45) is 5.03. The number of hydrogen-bond donors (Lipinski definition) is 2. The Morgan fingerprint density at radius 3 is 2.46 bits per heavy atom. The van der Waals surface area contributed by atoms with Gasteiger partial charge in [0.05, 0.1) is 29.5 Å². The van der Waals surface area contributed by atoms with Crippen molar-refractivity contribution in [2.75, 3.05) is 5.32 Å². The van der Waals surface area contributed by atoms with Crippen molar-refractivity contribution in [2.45, 2.75) is 27.3 Å². The van der Waals surface area contributed by atoms with E-state index in [1.165, 1.54) is 0 Å². The van der Waals surface area contributed by atoms with Crippen molar-refractivity contribution in [3.63, 3.8) is 0 Å². The van der Waals surface area contributed by atoms with Gasteiger partial charge in [-0.25, -0.2) is 9.97 Å². The minimum absolute atomic E-state index is 0.193. The number of amides is 2. The summed E-state index contributed by atoms with van der Waals surface area (Å²) >= 11 is 0. The Hall–Kier alpha value is -4.85. The molecule has 0 aliphatic carbocycles. The summed E-state index contributed by atoms with van der Waals surface area (Å²) in [5.41, 5.74) is 5.85. The zero-order valence-corrected chi connectivity index (χ0v) is 20.7. The number of oxazole rings is 1. The van der Waals surface area contributed by atoms with Gasteiger partial charge in [0.25, 0.3) is 11.8 Å². The molecule has 0 aliphatic rings. The van der Waals surface area contributed by atoms with Gasteiger partial charge in [-0.2, -0.15) is 0 Å². The highest BCUT2D eigenvalue weighted by molar-refractivity contribution is 6.13. The minimum Gasteiger partial charge on any atom is -0.444 e. The van der Waals surface area contributed by atoms with Gasteiger partial charge in [-0.1, -0.05) is 11.6 Å². The van der Waals surface area contributed by atoms with E-state index in [9.17, 15) is 9.59 Å². The quantitative estimate of drug-likeness (QED) is 0.329. The lowest BCUT2D eigenvalue weighted by atomic mass is 9.99. The molecule has 0 saturated heterocycles. The molecular formula is C29H25N5O3. The highest BCUT2D eigenvalue weighted by Crippen LogP contribution is 2.28. The molecule has 8 heteroatoms. The third kappa shape index (κ3) is 5.23. The molecule has 0 spiro atoms. The zero-order valence-electron chi connectivity index (χ0n) is 20.7. The fraction of sp³-hybridized carbons (Fsp3) is 0.138. The van der Waals surface area contributed by atoms with Gasteiger partial charge >= 0.3 is 0 Å². The molecule has 0 fully saturated rings. The van der Waals surface area contributed by atoms with Crippen molar-refractivity contribution in [1.82, 2.24) is 20.3 Å². The number of rotatable bonds is 6. The number of pyridine rings is 2. The number of carbonyl (C=O) groups excluding carboxylic acids is 2. The molecule has 3 aromatic heterocycles. The lowest BCUT2D eigenvalue weighted by Crippen LogP contribution is -2.23. The molecule has 184 valence electrons. The molecule has 2 amide bonds. The predicted octanol–water partition coefficient (Wildman–Crippen LogP) is 5.39. The summed E-state index contributed by atoms with van der Waals surface area (Å²) in [5.74, 6) is 0.597. The second kappa shape index (κ2) is 10.0. The normalized spacial score (nSPS) is 10.9. The van der Waals surface area contributed by atoms with Crippen molar-refractivity contribution >= 4 is 28.4 Å². The van der Waals surface area contributed by atoms with Crippen LogP contribution in [0.15, 0.2) is 77.6 Å². The third-order valence-electron chi connectivity index (χ3n) is 5.92. The highest BCUT2D eigenvalue weighted by atomic mass is 16.4. The second-order valence-electron chi connectivity index (χ2n) is 8.85. The number of aryl methyl sites for hydroxylation is 3. The van der Waals surface area contributed by atoms with Crippen LogP contribution in [-0.4, -0.2) is 26.8 Å². The van der Waals surface area contributed by atoms with Crippen LogP contribution >= 0.6 is 0 Å². The van der Waals surface area contributed by atoms with E-state index < -0.39 is 0 Å². The summed E-state index contributed by atoms with van der Waals surface area (Å²) in [5, 5.41) is 6.51. The SMILES string of the molecule is Cc1cc(C)c2nc(-c3cccnc3)cc(C(=O)Nc3ccc(C(=O)NCc4ncc(C)o4)cc3)c2c1. The fourth-order valence-corrected chi connectivity index (χ4v) is 4.18. The van der Waals surface area contributed by atoms with Crippen LogP contribution in [0.25, 0.3) is 22.2 Å². The molecule has 0 atom stereocenters. The molecule has 5 aromatic rings. The maximum Gasteiger partial charge on any atom is 0.256 e. The van der Waals surface area contributed by atoms with Gasteiger partial charge in [0.2, 0.25) is 5.89 Å². The van der Waals surface area contributed by atoms with E-state index in [2.05, 4.69) is 26.7 Å². The average molecular weight is 492 g/mol. The number of fused-ring (bicyclic) bond motifs is 1. The van der Waals surface area contributed by atoms with Gasteiger partial charge in [0, 0.05) is 34.6 Å². The number of benzene rings is 2. The van der Waals surface area contributed by atoms with Crippen molar-refractivity contribution in [2.24, 2.45) is 0 Å². The lowest BCUT2D eigenvalue weighted by molar-refractivity contribution is 0.0946. The fourth-order valence-electron chi connectivity index (χ4n) is 4.18. The Labute approximate surface area is 213 Å². The summed E-state index contributed by atoms with van der Waals surface area (Å²) in [6.45, 7) is 5.97. The van der Waals surface area contributed by atoms with Gasteiger partial charge < -0.3 is 15.1 Å². The van der Waals surface area contributed by atoms with Crippen LogP contribution in [0.3, 0.4) is 0 Å². The van der Waals surface area contributed by atoms with Crippen LogP contribution in [0.4, 0.5) is 5.69 Å². The van der Waals surface area contributed by atoms with Crippen LogP contribution < -0.4 is 10.6 Å². The van der Waals surface area contributed by atoms with Crippen LogP contribution in [0.5, 0.6) is 0 Å². The van der Waals surface area contributed by atoms with E-state index in [1.807, 2.05) is 32.0 Å². The summed E-state index contributed by atoms with van der Waals surface area (Å²) in [7, 11) is 0. The van der Waals surface area contributed by atoms with E-state index >= 15 is 0 Å². The number of nitrogens with one attached hydrogen (secondary N) is 2. The Balaban J connectivity index is 1.39. The van der Waals surface area contributed by atoms with E-state index in [0.717, 1.165) is 27.6 Å². The number of nitrogens with zero attached hydrogens (tertiary/aromatic N) is 3. The molecule has 0 radical (unpaired) electrons. The van der Waals surface area contributed by atoms with Crippen LogP contribution in [0.1, 0.15) is 43.5 Å². The molecule has 3 heterocycles.